The first-order valence-electron chi connectivity index (χ1n) is 13.0. The summed E-state index contributed by atoms with van der Waals surface area (Å²) < 4.78 is 70.8. The zero-order valence-electron chi connectivity index (χ0n) is 21.9. The van der Waals surface area contributed by atoms with Gasteiger partial charge in [-0.05, 0) is 61.6 Å². The first kappa shape index (κ1) is 28.0. The van der Waals surface area contributed by atoms with Crippen molar-refractivity contribution in [2.75, 3.05) is 13.7 Å². The Morgan fingerprint density at radius 1 is 1.00 bits per heavy atom. The Kier molecular flexibility index (Phi) is 8.03. The second-order valence-electron chi connectivity index (χ2n) is 10.1. The first-order chi connectivity index (χ1) is 19.2. The maximum atomic E-state index is 14.9. The molecule has 210 valence electrons. The summed E-state index contributed by atoms with van der Waals surface area (Å²) in [5.41, 5.74) is 1.78. The Morgan fingerprint density at radius 3 is 2.33 bits per heavy atom. The van der Waals surface area contributed by atoms with Gasteiger partial charge < -0.3 is 14.0 Å². The smallest absolute Gasteiger partial charge is 0.338 e. The Labute approximate surface area is 233 Å². The van der Waals surface area contributed by atoms with Crippen LogP contribution < -0.4 is 4.74 Å². The van der Waals surface area contributed by atoms with E-state index in [-0.39, 0.29) is 23.6 Å². The van der Waals surface area contributed by atoms with E-state index in [0.29, 0.717) is 21.9 Å². The third kappa shape index (κ3) is 5.39. The molecule has 1 unspecified atom stereocenters. The van der Waals surface area contributed by atoms with Crippen LogP contribution in [0.15, 0.2) is 42.5 Å². The number of methoxy groups -OCH3 is 1. The number of hydrogen-bond acceptors (Lipinski definition) is 4. The summed E-state index contributed by atoms with van der Waals surface area (Å²) in [6, 6.07) is 8.56. The topological polar surface area (TPSA) is 53.4 Å². The Hall–Kier alpha value is -3.59. The largest absolute Gasteiger partial charge is 0.485 e. The lowest BCUT2D eigenvalue weighted by molar-refractivity contribution is 0.0599. The molecule has 0 saturated heterocycles. The maximum absolute atomic E-state index is 14.9. The molecule has 0 N–H and O–H groups in total. The van der Waals surface area contributed by atoms with Gasteiger partial charge in [-0.2, -0.15) is 0 Å². The molecule has 4 aromatic rings. The normalized spacial score (nSPS) is 14.9. The number of fused-ring (bicyclic) bond motifs is 1. The van der Waals surface area contributed by atoms with Gasteiger partial charge in [-0.1, -0.05) is 30.9 Å². The first-order valence-corrected chi connectivity index (χ1v) is 13.4. The van der Waals surface area contributed by atoms with Gasteiger partial charge in [0.25, 0.3) is 0 Å². The van der Waals surface area contributed by atoms with E-state index in [1.807, 2.05) is 6.92 Å². The van der Waals surface area contributed by atoms with Crippen LogP contribution in [-0.2, 0) is 4.74 Å². The number of carbonyl (C=O) groups excluding carboxylic acids is 1. The molecule has 1 heterocycles. The second kappa shape index (κ2) is 11.5. The molecule has 0 spiro atoms. The molecule has 1 atom stereocenters. The van der Waals surface area contributed by atoms with Crippen molar-refractivity contribution in [3.63, 3.8) is 0 Å². The number of ether oxygens (including phenoxy) is 2. The summed E-state index contributed by atoms with van der Waals surface area (Å²) in [6.07, 6.45) is 4.56. The lowest BCUT2D eigenvalue weighted by Gasteiger charge is -2.33. The molecule has 1 fully saturated rings. The lowest BCUT2D eigenvalue weighted by atomic mass is 9.83. The Morgan fingerprint density at radius 2 is 1.68 bits per heavy atom. The third-order valence-electron chi connectivity index (χ3n) is 7.50. The van der Waals surface area contributed by atoms with E-state index in [1.54, 1.807) is 22.8 Å². The van der Waals surface area contributed by atoms with Crippen LogP contribution in [0.3, 0.4) is 0 Å². The van der Waals surface area contributed by atoms with Crippen LogP contribution in [0, 0.1) is 36.1 Å². The number of esters is 1. The number of imidazole rings is 1. The summed E-state index contributed by atoms with van der Waals surface area (Å²) in [5, 5.41) is 0.523. The molecular formula is C30H27ClF4N2O3. The molecule has 0 bridgehead atoms. The number of carbonyl (C=O) groups is 1. The molecule has 0 aliphatic heterocycles. The molecule has 0 radical (unpaired) electrons. The van der Waals surface area contributed by atoms with Crippen molar-refractivity contribution in [1.29, 1.82) is 0 Å². The van der Waals surface area contributed by atoms with Crippen molar-refractivity contribution in [3.05, 3.63) is 81.9 Å². The van der Waals surface area contributed by atoms with Crippen molar-refractivity contribution in [3.8, 4) is 17.1 Å². The molecule has 1 aliphatic rings. The van der Waals surface area contributed by atoms with Gasteiger partial charge in [0.15, 0.2) is 29.0 Å². The standard InChI is InChI=1S/C30H27ClF4N2O3/c1-16-10-19(31)8-9-20(16)29-36-25-13-21(32)22(33)14-26(25)37(29)27(17-6-4-3-5-7-17)15-40-28-23(34)11-18(12-24(28)35)30(38)39-2/h8-14,17,27H,3-7,15H2,1-2H3. The van der Waals surface area contributed by atoms with Crippen molar-refractivity contribution >= 4 is 28.6 Å². The van der Waals surface area contributed by atoms with Crippen molar-refractivity contribution in [1.82, 2.24) is 9.55 Å². The predicted molar refractivity (Wildman–Crippen MR) is 144 cm³/mol. The van der Waals surface area contributed by atoms with Crippen molar-refractivity contribution in [2.24, 2.45) is 5.92 Å². The predicted octanol–water partition coefficient (Wildman–Crippen LogP) is 8.21. The highest BCUT2D eigenvalue weighted by atomic mass is 35.5. The average molecular weight is 575 g/mol. The number of halogens is 5. The molecule has 3 aromatic carbocycles. The minimum Gasteiger partial charge on any atom is -0.485 e. The highest BCUT2D eigenvalue weighted by molar-refractivity contribution is 6.30. The fourth-order valence-corrected chi connectivity index (χ4v) is 5.76. The van der Waals surface area contributed by atoms with Gasteiger partial charge in [0.2, 0.25) is 0 Å². The van der Waals surface area contributed by atoms with Gasteiger partial charge in [0.05, 0.1) is 29.7 Å². The van der Waals surface area contributed by atoms with E-state index in [2.05, 4.69) is 9.72 Å². The van der Waals surface area contributed by atoms with Crippen LogP contribution in [0.2, 0.25) is 5.02 Å². The van der Waals surface area contributed by atoms with Crippen LogP contribution in [0.4, 0.5) is 17.6 Å². The molecule has 10 heteroatoms. The van der Waals surface area contributed by atoms with Gasteiger partial charge in [-0.25, -0.2) is 27.3 Å². The number of benzene rings is 3. The Bertz CT molecular complexity index is 1560. The molecule has 1 aromatic heterocycles. The van der Waals surface area contributed by atoms with E-state index < -0.39 is 41.0 Å². The van der Waals surface area contributed by atoms with Crippen LogP contribution >= 0.6 is 11.6 Å². The summed E-state index contributed by atoms with van der Waals surface area (Å²) >= 11 is 6.19. The van der Waals surface area contributed by atoms with E-state index in [4.69, 9.17) is 16.3 Å². The summed E-state index contributed by atoms with van der Waals surface area (Å²) in [7, 11) is 1.11. The fraction of sp³-hybridized carbons (Fsp3) is 0.333. The maximum Gasteiger partial charge on any atom is 0.338 e. The van der Waals surface area contributed by atoms with E-state index in [1.165, 1.54) is 0 Å². The van der Waals surface area contributed by atoms with E-state index >= 15 is 0 Å². The van der Waals surface area contributed by atoms with Crippen LogP contribution in [-0.4, -0.2) is 29.2 Å². The van der Waals surface area contributed by atoms with Gasteiger partial charge >= 0.3 is 5.97 Å². The zero-order valence-corrected chi connectivity index (χ0v) is 22.7. The third-order valence-corrected chi connectivity index (χ3v) is 7.74. The molecule has 0 amide bonds. The molecule has 1 aliphatic carbocycles. The minimum absolute atomic E-state index is 0.00563. The lowest BCUT2D eigenvalue weighted by Crippen LogP contribution is -2.28. The Balaban J connectivity index is 1.64. The monoisotopic (exact) mass is 574 g/mol. The molecule has 5 rings (SSSR count). The van der Waals surface area contributed by atoms with Crippen molar-refractivity contribution in [2.45, 2.75) is 45.1 Å². The van der Waals surface area contributed by atoms with E-state index in [9.17, 15) is 22.4 Å². The average Bonchev–Trinajstić information content (AvgIpc) is 3.27. The summed E-state index contributed by atoms with van der Waals surface area (Å²) in [4.78, 5) is 16.5. The molecule has 5 nitrogen and oxygen atoms in total. The fourth-order valence-electron chi connectivity index (χ4n) is 5.54. The number of nitrogens with zero attached hydrogens (tertiary/aromatic N) is 2. The zero-order chi connectivity index (χ0) is 28.6. The highest BCUT2D eigenvalue weighted by Gasteiger charge is 2.31. The van der Waals surface area contributed by atoms with Crippen LogP contribution in [0.5, 0.6) is 5.75 Å². The van der Waals surface area contributed by atoms with Gasteiger partial charge in [-0.3, -0.25) is 0 Å². The molecular weight excluding hydrogens is 548 g/mol. The highest BCUT2D eigenvalue weighted by Crippen LogP contribution is 2.40. The van der Waals surface area contributed by atoms with E-state index in [0.717, 1.165) is 69.0 Å². The van der Waals surface area contributed by atoms with Gasteiger partial charge in [0, 0.05) is 22.7 Å². The number of aryl methyl sites for hydroxylation is 1. The van der Waals surface area contributed by atoms with Gasteiger partial charge in [0.1, 0.15) is 12.4 Å². The minimum atomic E-state index is -1.06. The summed E-state index contributed by atoms with van der Waals surface area (Å²) in [5.74, 6) is -5.25. The van der Waals surface area contributed by atoms with Gasteiger partial charge in [-0.15, -0.1) is 0 Å². The quantitative estimate of drug-likeness (QED) is 0.165. The number of rotatable bonds is 7. The van der Waals surface area contributed by atoms with Crippen LogP contribution in [0.1, 0.15) is 54.1 Å². The number of aromatic nitrogens is 2. The second-order valence-corrected chi connectivity index (χ2v) is 10.5. The van der Waals surface area contributed by atoms with Crippen LogP contribution in [0.25, 0.3) is 22.4 Å². The summed E-state index contributed by atoms with van der Waals surface area (Å²) in [6.45, 7) is 1.67. The molecule has 40 heavy (non-hydrogen) atoms. The molecule has 1 saturated carbocycles. The number of hydrogen-bond donors (Lipinski definition) is 0. The van der Waals surface area contributed by atoms with Crippen molar-refractivity contribution < 1.29 is 31.8 Å². The SMILES string of the molecule is COC(=O)c1cc(F)c(OCC(C2CCCCC2)n2c(-c3ccc(Cl)cc3C)nc3cc(F)c(F)cc32)c(F)c1.